The summed E-state index contributed by atoms with van der Waals surface area (Å²) in [5.41, 5.74) is 5.24. The standard InChI is InChI=1S/C37H26N2O/c40-36(26-13-2-1-3-14-26)37(39-34-22-10-6-18-30(34)31-19-7-11-23-35(31)39)24-12-15-27(25-37)38-32-20-8-4-16-28(32)29-17-5-9-21-33(29)38/h1-24H,25H2. The van der Waals surface area contributed by atoms with Gasteiger partial charge in [-0.25, -0.2) is 0 Å². The number of fused-ring (bicyclic) bond motifs is 6. The minimum atomic E-state index is -0.958. The molecular formula is C37H26N2O. The van der Waals surface area contributed by atoms with Crippen LogP contribution in [0.2, 0.25) is 0 Å². The normalized spacial score (nSPS) is 17.1. The average Bonchev–Trinajstić information content (AvgIpc) is 3.55. The molecule has 0 radical (unpaired) electrons. The highest BCUT2D eigenvalue weighted by Gasteiger charge is 2.42. The molecule has 5 aromatic carbocycles. The van der Waals surface area contributed by atoms with Gasteiger partial charge in [0.2, 0.25) is 0 Å². The molecule has 0 amide bonds. The number of aromatic nitrogens is 2. The molecule has 0 aliphatic heterocycles. The fraction of sp³-hybridized carbons (Fsp3) is 0.0541. The van der Waals surface area contributed by atoms with E-state index in [0.717, 1.165) is 38.5 Å². The van der Waals surface area contributed by atoms with Gasteiger partial charge in [-0.2, -0.15) is 0 Å². The van der Waals surface area contributed by atoms with Crippen LogP contribution in [0.25, 0.3) is 49.3 Å². The van der Waals surface area contributed by atoms with Crippen LogP contribution in [0.15, 0.2) is 146 Å². The number of hydrogen-bond donors (Lipinski definition) is 0. The van der Waals surface area contributed by atoms with Crippen molar-refractivity contribution < 1.29 is 4.79 Å². The van der Waals surface area contributed by atoms with Gasteiger partial charge in [-0.1, -0.05) is 115 Å². The molecular weight excluding hydrogens is 488 g/mol. The number of allylic oxidation sites excluding steroid dienone is 4. The van der Waals surface area contributed by atoms with Crippen molar-refractivity contribution in [2.45, 2.75) is 12.0 Å². The molecule has 1 aliphatic carbocycles. The molecule has 0 spiro atoms. The molecule has 0 N–H and O–H groups in total. The molecule has 0 fully saturated rings. The lowest BCUT2D eigenvalue weighted by Crippen LogP contribution is -2.42. The maximum absolute atomic E-state index is 14.8. The van der Waals surface area contributed by atoms with Crippen molar-refractivity contribution in [1.82, 2.24) is 9.13 Å². The zero-order chi connectivity index (χ0) is 26.7. The molecule has 3 nitrogen and oxygen atoms in total. The van der Waals surface area contributed by atoms with E-state index >= 15 is 0 Å². The van der Waals surface area contributed by atoms with E-state index in [1.807, 2.05) is 30.3 Å². The fourth-order valence-corrected chi connectivity index (χ4v) is 6.70. The predicted molar refractivity (Wildman–Crippen MR) is 166 cm³/mol. The van der Waals surface area contributed by atoms with Gasteiger partial charge in [0.1, 0.15) is 5.54 Å². The fourth-order valence-electron chi connectivity index (χ4n) is 6.70. The summed E-state index contributed by atoms with van der Waals surface area (Å²) >= 11 is 0. The van der Waals surface area contributed by atoms with Gasteiger partial charge in [-0.3, -0.25) is 4.79 Å². The van der Waals surface area contributed by atoms with Gasteiger partial charge in [0.15, 0.2) is 5.78 Å². The zero-order valence-electron chi connectivity index (χ0n) is 21.9. The van der Waals surface area contributed by atoms with Gasteiger partial charge in [-0.05, 0) is 30.3 Å². The van der Waals surface area contributed by atoms with Crippen molar-refractivity contribution in [3.8, 4) is 0 Å². The minimum Gasteiger partial charge on any atom is -0.323 e. The van der Waals surface area contributed by atoms with E-state index in [9.17, 15) is 4.79 Å². The van der Waals surface area contributed by atoms with E-state index < -0.39 is 5.54 Å². The summed E-state index contributed by atoms with van der Waals surface area (Å²) in [6, 6.07) is 43.7. The smallest absolute Gasteiger partial charge is 0.193 e. The van der Waals surface area contributed by atoms with E-state index in [1.54, 1.807) is 0 Å². The lowest BCUT2D eigenvalue weighted by Gasteiger charge is -2.36. The number of rotatable bonds is 4. The molecule has 0 saturated heterocycles. The number of carbonyl (C=O) groups excluding carboxylic acids is 1. The molecule has 2 heterocycles. The molecule has 0 bridgehead atoms. The van der Waals surface area contributed by atoms with E-state index in [2.05, 4.69) is 124 Å². The topological polar surface area (TPSA) is 26.9 Å². The second-order valence-corrected chi connectivity index (χ2v) is 10.6. The summed E-state index contributed by atoms with van der Waals surface area (Å²) in [7, 11) is 0. The largest absolute Gasteiger partial charge is 0.323 e. The van der Waals surface area contributed by atoms with Crippen LogP contribution in [0.5, 0.6) is 0 Å². The summed E-state index contributed by atoms with van der Waals surface area (Å²) in [6.45, 7) is 0. The van der Waals surface area contributed by atoms with Crippen LogP contribution in [0.3, 0.4) is 0 Å². The molecule has 1 aliphatic rings. The Labute approximate surface area is 231 Å². The molecule has 1 atom stereocenters. The molecule has 7 aromatic rings. The average molecular weight is 515 g/mol. The summed E-state index contributed by atoms with van der Waals surface area (Å²) in [4.78, 5) is 14.8. The Morgan fingerprint density at radius 2 is 1.00 bits per heavy atom. The van der Waals surface area contributed by atoms with Crippen LogP contribution in [0.4, 0.5) is 0 Å². The third-order valence-electron chi connectivity index (χ3n) is 8.39. The van der Waals surface area contributed by atoms with Gasteiger partial charge in [0, 0.05) is 39.2 Å². The third-order valence-corrected chi connectivity index (χ3v) is 8.39. The van der Waals surface area contributed by atoms with Gasteiger partial charge in [0.25, 0.3) is 0 Å². The highest BCUT2D eigenvalue weighted by Crippen LogP contribution is 2.44. The minimum absolute atomic E-state index is 0.0854. The number of nitrogens with zero attached hydrogens (tertiary/aromatic N) is 2. The molecule has 190 valence electrons. The summed E-state index contributed by atoms with van der Waals surface area (Å²) < 4.78 is 4.62. The number of Topliss-reactive ketones (excluding diaryl/α,β-unsaturated/α-hetero) is 1. The Balaban J connectivity index is 1.44. The quantitative estimate of drug-likeness (QED) is 0.215. The van der Waals surface area contributed by atoms with Crippen molar-refractivity contribution >= 4 is 55.1 Å². The van der Waals surface area contributed by atoms with E-state index in [4.69, 9.17) is 0 Å². The van der Waals surface area contributed by atoms with Gasteiger partial charge >= 0.3 is 0 Å². The molecule has 8 rings (SSSR count). The van der Waals surface area contributed by atoms with E-state index in [0.29, 0.717) is 12.0 Å². The first kappa shape index (κ1) is 22.8. The van der Waals surface area contributed by atoms with Crippen LogP contribution in [-0.2, 0) is 5.54 Å². The first-order chi connectivity index (χ1) is 19.8. The lowest BCUT2D eigenvalue weighted by molar-refractivity contribution is 0.0870. The summed E-state index contributed by atoms with van der Waals surface area (Å²) in [5.74, 6) is 0.0854. The van der Waals surface area contributed by atoms with Gasteiger partial charge in [0.05, 0.1) is 22.1 Å². The summed E-state index contributed by atoms with van der Waals surface area (Å²) in [6.07, 6.45) is 6.87. The van der Waals surface area contributed by atoms with Gasteiger partial charge < -0.3 is 9.13 Å². The predicted octanol–water partition coefficient (Wildman–Crippen LogP) is 8.98. The van der Waals surface area contributed by atoms with Crippen LogP contribution < -0.4 is 0 Å². The van der Waals surface area contributed by atoms with Crippen LogP contribution in [-0.4, -0.2) is 14.9 Å². The number of benzene rings is 5. The lowest BCUT2D eigenvalue weighted by atomic mass is 9.81. The van der Waals surface area contributed by atoms with Crippen molar-refractivity contribution in [3.63, 3.8) is 0 Å². The number of para-hydroxylation sites is 4. The number of ketones is 1. The highest BCUT2D eigenvalue weighted by molar-refractivity contribution is 6.13. The highest BCUT2D eigenvalue weighted by atomic mass is 16.1. The van der Waals surface area contributed by atoms with E-state index in [-0.39, 0.29) is 5.78 Å². The van der Waals surface area contributed by atoms with Crippen LogP contribution in [0, 0.1) is 0 Å². The first-order valence-electron chi connectivity index (χ1n) is 13.7. The van der Waals surface area contributed by atoms with Crippen molar-refractivity contribution in [2.75, 3.05) is 0 Å². The monoisotopic (exact) mass is 514 g/mol. The van der Waals surface area contributed by atoms with Gasteiger partial charge in [-0.15, -0.1) is 0 Å². The number of hydrogen-bond acceptors (Lipinski definition) is 1. The van der Waals surface area contributed by atoms with E-state index in [1.165, 1.54) is 10.8 Å². The first-order valence-corrected chi connectivity index (χ1v) is 13.7. The Bertz CT molecular complexity index is 2050. The SMILES string of the molecule is O=C(c1ccccc1)C1(n2c3ccccc3c3ccccc32)C=CC=C(n2c3ccccc3c3ccccc32)C1. The molecule has 40 heavy (non-hydrogen) atoms. The molecule has 1 unspecified atom stereocenters. The number of carbonyl (C=O) groups is 1. The Morgan fingerprint density at radius 1 is 0.550 bits per heavy atom. The Kier molecular flexibility index (Phi) is 4.95. The maximum Gasteiger partial charge on any atom is 0.193 e. The zero-order valence-corrected chi connectivity index (χ0v) is 21.9. The second kappa shape index (κ2) is 8.69. The third kappa shape index (κ3) is 3.15. The van der Waals surface area contributed by atoms with Crippen molar-refractivity contribution in [3.05, 3.63) is 151 Å². The maximum atomic E-state index is 14.8. The molecule has 3 heteroatoms. The van der Waals surface area contributed by atoms with Crippen molar-refractivity contribution in [2.24, 2.45) is 0 Å². The van der Waals surface area contributed by atoms with Crippen molar-refractivity contribution in [1.29, 1.82) is 0 Å². The Morgan fingerprint density at radius 3 is 1.55 bits per heavy atom. The summed E-state index contributed by atoms with van der Waals surface area (Å²) in [5, 5.41) is 4.73. The second-order valence-electron chi connectivity index (χ2n) is 10.6. The van der Waals surface area contributed by atoms with Crippen LogP contribution in [0.1, 0.15) is 16.8 Å². The Hall–Kier alpha value is -5.15. The van der Waals surface area contributed by atoms with Crippen LogP contribution >= 0.6 is 0 Å². The molecule has 0 saturated carbocycles. The molecule has 2 aromatic heterocycles.